The summed E-state index contributed by atoms with van der Waals surface area (Å²) >= 11 is 0. The topological polar surface area (TPSA) is 51.2 Å². The molecular formula is C17H24N2O4. The number of amides is 1. The average molecular weight is 320 g/mol. The second-order valence-corrected chi connectivity index (χ2v) is 6.07. The number of rotatable bonds is 3. The number of likely N-dealkylation sites (N-methyl/N-ethyl adjacent to an activating group) is 1. The molecule has 2 atom stereocenters. The van der Waals surface area contributed by atoms with Crippen molar-refractivity contribution in [1.82, 2.24) is 9.80 Å². The Hall–Kier alpha value is -1.79. The van der Waals surface area contributed by atoms with Crippen LogP contribution >= 0.6 is 0 Å². The molecule has 0 bridgehead atoms. The van der Waals surface area contributed by atoms with Gasteiger partial charge in [0, 0.05) is 25.2 Å². The van der Waals surface area contributed by atoms with Crippen LogP contribution in [-0.4, -0.2) is 75.4 Å². The van der Waals surface area contributed by atoms with Gasteiger partial charge in [0.1, 0.15) is 0 Å². The van der Waals surface area contributed by atoms with E-state index in [-0.39, 0.29) is 18.1 Å². The van der Waals surface area contributed by atoms with Gasteiger partial charge in [-0.2, -0.15) is 0 Å². The lowest BCUT2D eigenvalue weighted by atomic mass is 9.98. The molecule has 0 radical (unpaired) electrons. The summed E-state index contributed by atoms with van der Waals surface area (Å²) in [4.78, 5) is 17.0. The van der Waals surface area contributed by atoms with Crippen LogP contribution in [-0.2, 0) is 4.74 Å². The van der Waals surface area contributed by atoms with Gasteiger partial charge < -0.3 is 19.1 Å². The van der Waals surface area contributed by atoms with Crippen molar-refractivity contribution in [3.63, 3.8) is 0 Å². The third kappa shape index (κ3) is 3.14. The Bertz CT molecular complexity index is 578. The number of fused-ring (bicyclic) bond motifs is 1. The van der Waals surface area contributed by atoms with Crippen LogP contribution in [0, 0.1) is 0 Å². The van der Waals surface area contributed by atoms with Crippen LogP contribution < -0.4 is 9.47 Å². The van der Waals surface area contributed by atoms with Gasteiger partial charge in [-0.05, 0) is 31.7 Å². The average Bonchev–Trinajstić information content (AvgIpc) is 2.60. The molecule has 3 rings (SSSR count). The third-order valence-electron chi connectivity index (χ3n) is 4.78. The van der Waals surface area contributed by atoms with E-state index in [1.165, 1.54) is 0 Å². The van der Waals surface area contributed by atoms with Gasteiger partial charge in [0.25, 0.3) is 5.91 Å². The van der Waals surface area contributed by atoms with Crippen molar-refractivity contribution in [3.05, 3.63) is 23.8 Å². The lowest BCUT2D eigenvalue weighted by molar-refractivity contribution is -0.0893. The van der Waals surface area contributed by atoms with Gasteiger partial charge in [0.05, 0.1) is 33.0 Å². The van der Waals surface area contributed by atoms with Gasteiger partial charge in [-0.3, -0.25) is 9.69 Å². The van der Waals surface area contributed by atoms with Crippen LogP contribution in [0.3, 0.4) is 0 Å². The molecule has 1 amide bonds. The van der Waals surface area contributed by atoms with Crippen molar-refractivity contribution in [2.45, 2.75) is 18.6 Å². The molecule has 23 heavy (non-hydrogen) atoms. The first-order chi connectivity index (χ1) is 11.1. The van der Waals surface area contributed by atoms with Crippen molar-refractivity contribution < 1.29 is 19.0 Å². The van der Waals surface area contributed by atoms with E-state index in [4.69, 9.17) is 14.2 Å². The number of ether oxygens (including phenoxy) is 3. The van der Waals surface area contributed by atoms with Gasteiger partial charge in [0.2, 0.25) is 0 Å². The lowest BCUT2D eigenvalue weighted by Gasteiger charge is -2.45. The smallest absolute Gasteiger partial charge is 0.254 e. The van der Waals surface area contributed by atoms with Crippen molar-refractivity contribution in [3.8, 4) is 11.5 Å². The van der Waals surface area contributed by atoms with E-state index in [9.17, 15) is 4.79 Å². The maximum absolute atomic E-state index is 12.8. The van der Waals surface area contributed by atoms with E-state index in [1.54, 1.807) is 32.4 Å². The molecule has 2 saturated heterocycles. The van der Waals surface area contributed by atoms with E-state index < -0.39 is 0 Å². The Morgan fingerprint density at radius 1 is 1.22 bits per heavy atom. The predicted octanol–water partition coefficient (Wildman–Crippen LogP) is 1.25. The molecule has 0 aromatic heterocycles. The fourth-order valence-electron chi connectivity index (χ4n) is 3.38. The highest BCUT2D eigenvalue weighted by atomic mass is 16.5. The molecule has 6 heteroatoms. The number of nitrogens with zero attached hydrogens (tertiary/aromatic N) is 2. The first kappa shape index (κ1) is 16.1. The zero-order valence-corrected chi connectivity index (χ0v) is 13.9. The number of methoxy groups -OCH3 is 2. The Morgan fingerprint density at radius 3 is 2.74 bits per heavy atom. The number of morpholine rings is 1. The van der Waals surface area contributed by atoms with Gasteiger partial charge in [-0.15, -0.1) is 0 Å². The van der Waals surface area contributed by atoms with E-state index in [0.29, 0.717) is 23.6 Å². The van der Waals surface area contributed by atoms with E-state index in [2.05, 4.69) is 11.9 Å². The minimum atomic E-state index is 0.0309. The van der Waals surface area contributed by atoms with Crippen molar-refractivity contribution >= 4 is 5.91 Å². The van der Waals surface area contributed by atoms with Gasteiger partial charge >= 0.3 is 0 Å². The quantitative estimate of drug-likeness (QED) is 0.839. The number of benzene rings is 1. The Morgan fingerprint density at radius 2 is 2.00 bits per heavy atom. The molecule has 0 spiro atoms. The minimum absolute atomic E-state index is 0.0309. The predicted molar refractivity (Wildman–Crippen MR) is 86.2 cm³/mol. The van der Waals surface area contributed by atoms with Gasteiger partial charge in [-0.1, -0.05) is 0 Å². The molecule has 0 N–H and O–H groups in total. The normalized spacial score (nSPS) is 24.9. The molecular weight excluding hydrogens is 296 g/mol. The van der Waals surface area contributed by atoms with Crippen LogP contribution in [0.5, 0.6) is 11.5 Å². The molecule has 2 aliphatic heterocycles. The summed E-state index contributed by atoms with van der Waals surface area (Å²) in [5.74, 6) is 1.23. The maximum atomic E-state index is 12.8. The fraction of sp³-hybridized carbons (Fsp3) is 0.588. The molecule has 2 fully saturated rings. The molecule has 1 aromatic carbocycles. The van der Waals surface area contributed by atoms with Crippen molar-refractivity contribution in [2.75, 3.05) is 47.5 Å². The van der Waals surface area contributed by atoms with Crippen LogP contribution in [0.4, 0.5) is 0 Å². The molecule has 0 saturated carbocycles. The number of hydrogen-bond donors (Lipinski definition) is 0. The van der Waals surface area contributed by atoms with Gasteiger partial charge in [0.15, 0.2) is 11.5 Å². The summed E-state index contributed by atoms with van der Waals surface area (Å²) < 4.78 is 16.4. The van der Waals surface area contributed by atoms with E-state index in [1.807, 2.05) is 4.90 Å². The summed E-state index contributed by atoms with van der Waals surface area (Å²) in [6.07, 6.45) is 1.12. The second kappa shape index (κ2) is 6.76. The van der Waals surface area contributed by atoms with E-state index in [0.717, 1.165) is 26.1 Å². The maximum Gasteiger partial charge on any atom is 0.254 e. The first-order valence-electron chi connectivity index (χ1n) is 7.97. The Balaban J connectivity index is 1.75. The minimum Gasteiger partial charge on any atom is -0.493 e. The summed E-state index contributed by atoms with van der Waals surface area (Å²) in [6, 6.07) is 5.58. The van der Waals surface area contributed by atoms with Crippen molar-refractivity contribution in [1.29, 1.82) is 0 Å². The summed E-state index contributed by atoms with van der Waals surface area (Å²) in [5.41, 5.74) is 0.625. The highest BCUT2D eigenvalue weighted by molar-refractivity contribution is 5.95. The highest BCUT2D eigenvalue weighted by Crippen LogP contribution is 2.29. The SMILES string of the molecule is COc1ccc(C(=O)N2CC[C@H]3OCCN(C)[C@@H]3C2)cc1OC. The van der Waals surface area contributed by atoms with Crippen LogP contribution in [0.15, 0.2) is 18.2 Å². The largest absolute Gasteiger partial charge is 0.493 e. The van der Waals surface area contributed by atoms with Crippen LogP contribution in [0.2, 0.25) is 0 Å². The number of carbonyl (C=O) groups is 1. The zero-order valence-electron chi connectivity index (χ0n) is 13.9. The molecule has 1 aromatic rings. The number of likely N-dealkylation sites (tertiary alicyclic amines) is 1. The second-order valence-electron chi connectivity index (χ2n) is 6.07. The van der Waals surface area contributed by atoms with Crippen LogP contribution in [0.25, 0.3) is 0 Å². The molecule has 0 aliphatic carbocycles. The highest BCUT2D eigenvalue weighted by Gasteiger charge is 2.37. The van der Waals surface area contributed by atoms with Crippen LogP contribution in [0.1, 0.15) is 16.8 Å². The number of hydrogen-bond acceptors (Lipinski definition) is 5. The fourth-order valence-corrected chi connectivity index (χ4v) is 3.38. The molecule has 2 aliphatic rings. The summed E-state index contributed by atoms with van der Waals surface area (Å²) in [7, 11) is 5.26. The summed E-state index contributed by atoms with van der Waals surface area (Å²) in [6.45, 7) is 3.12. The lowest BCUT2D eigenvalue weighted by Crippen LogP contribution is -2.59. The van der Waals surface area contributed by atoms with Crippen molar-refractivity contribution in [2.24, 2.45) is 0 Å². The van der Waals surface area contributed by atoms with E-state index >= 15 is 0 Å². The molecule has 2 heterocycles. The molecule has 126 valence electrons. The third-order valence-corrected chi connectivity index (χ3v) is 4.78. The van der Waals surface area contributed by atoms with Gasteiger partial charge in [-0.25, -0.2) is 0 Å². The zero-order chi connectivity index (χ0) is 16.4. The Labute approximate surface area is 136 Å². The molecule has 0 unspecified atom stereocenters. The summed E-state index contributed by atoms with van der Waals surface area (Å²) in [5, 5.41) is 0. The number of carbonyl (C=O) groups excluding carboxylic acids is 1. The first-order valence-corrected chi connectivity index (χ1v) is 7.97. The standard InChI is InChI=1S/C17H24N2O4/c1-18-8-9-23-14-6-7-19(11-13(14)18)17(20)12-4-5-15(21-2)16(10-12)22-3/h4-5,10,13-14H,6-9,11H2,1-3H3/t13-,14-/m1/s1. The monoisotopic (exact) mass is 320 g/mol. The molecule has 6 nitrogen and oxygen atoms in total. The Kier molecular flexibility index (Phi) is 4.73. The number of piperidine rings is 1.